The van der Waals surface area contributed by atoms with E-state index in [2.05, 4.69) is 44.3 Å². The van der Waals surface area contributed by atoms with E-state index in [1.165, 1.54) is 24.8 Å². The van der Waals surface area contributed by atoms with Gasteiger partial charge in [-0.25, -0.2) is 9.59 Å². The van der Waals surface area contributed by atoms with Crippen LogP contribution in [0.3, 0.4) is 0 Å². The van der Waals surface area contributed by atoms with Crippen LogP contribution >= 0.6 is 0 Å². The highest BCUT2D eigenvalue weighted by molar-refractivity contribution is 5.91. The molecule has 3 aromatic carbocycles. The number of carbonyl (C=O) groups excluding carboxylic acids is 2. The summed E-state index contributed by atoms with van der Waals surface area (Å²) in [7, 11) is 0. The number of hydrogen-bond acceptors (Lipinski definition) is 5. The zero-order chi connectivity index (χ0) is 26.8. The molecule has 0 bridgehead atoms. The molecule has 1 N–H and O–H groups in total. The standard InChI is InChI=1S/C32H34O5/c1-5-7-8-9-23-10-12-24(13-11-23)25-14-16-26(17-15-25)28-21-29(36-31(34)6-2)27(18-19-33)20-30(28)37-32(35)22(3)4/h6,10-17,20-21,33H,2-3,5,7-9,18-19H2,1,4H3. The van der Waals surface area contributed by atoms with Crippen molar-refractivity contribution in [3.63, 3.8) is 0 Å². The summed E-state index contributed by atoms with van der Waals surface area (Å²) < 4.78 is 11.1. The average Bonchev–Trinajstić information content (AvgIpc) is 2.90. The van der Waals surface area contributed by atoms with Crippen molar-refractivity contribution in [2.45, 2.75) is 46.0 Å². The minimum absolute atomic E-state index is 0.169. The van der Waals surface area contributed by atoms with Crippen molar-refractivity contribution in [3.05, 3.63) is 96.6 Å². The molecule has 0 radical (unpaired) electrons. The molecule has 192 valence electrons. The molecule has 0 fully saturated rings. The summed E-state index contributed by atoms with van der Waals surface area (Å²) in [6, 6.07) is 19.7. The third-order valence-corrected chi connectivity index (χ3v) is 6.02. The van der Waals surface area contributed by atoms with Gasteiger partial charge >= 0.3 is 11.9 Å². The number of esters is 2. The van der Waals surface area contributed by atoms with Gasteiger partial charge in [-0.2, -0.15) is 0 Å². The normalized spacial score (nSPS) is 10.6. The van der Waals surface area contributed by atoms with Crippen molar-refractivity contribution >= 4 is 11.9 Å². The minimum atomic E-state index is -0.620. The van der Waals surface area contributed by atoms with Crippen molar-refractivity contribution in [1.29, 1.82) is 0 Å². The van der Waals surface area contributed by atoms with E-state index in [1.807, 2.05) is 24.3 Å². The van der Waals surface area contributed by atoms with Gasteiger partial charge in [0.1, 0.15) is 11.5 Å². The molecule has 0 unspecified atom stereocenters. The summed E-state index contributed by atoms with van der Waals surface area (Å²) in [5.74, 6) is -0.626. The van der Waals surface area contributed by atoms with Crippen molar-refractivity contribution in [2.75, 3.05) is 6.61 Å². The number of aliphatic hydroxyl groups excluding tert-OH is 1. The van der Waals surface area contributed by atoms with E-state index in [-0.39, 0.29) is 24.4 Å². The lowest BCUT2D eigenvalue weighted by Gasteiger charge is -2.16. The smallest absolute Gasteiger partial charge is 0.338 e. The Labute approximate surface area is 219 Å². The highest BCUT2D eigenvalue weighted by Gasteiger charge is 2.18. The Morgan fingerprint density at radius 3 is 2.05 bits per heavy atom. The summed E-state index contributed by atoms with van der Waals surface area (Å²) in [6.45, 7) is 10.7. The van der Waals surface area contributed by atoms with Gasteiger partial charge in [-0.1, -0.05) is 81.5 Å². The molecule has 37 heavy (non-hydrogen) atoms. The Morgan fingerprint density at radius 2 is 1.49 bits per heavy atom. The summed E-state index contributed by atoms with van der Waals surface area (Å²) in [5.41, 5.74) is 5.63. The second-order valence-electron chi connectivity index (χ2n) is 8.96. The Hall–Kier alpha value is -3.96. The lowest BCUT2D eigenvalue weighted by Crippen LogP contribution is -2.11. The van der Waals surface area contributed by atoms with Crippen molar-refractivity contribution in [2.24, 2.45) is 0 Å². The first-order valence-electron chi connectivity index (χ1n) is 12.6. The number of aryl methyl sites for hydroxylation is 1. The SMILES string of the molecule is C=CC(=O)Oc1cc(-c2ccc(-c3ccc(CCCCC)cc3)cc2)c(OC(=O)C(=C)C)cc1CCO. The molecule has 5 nitrogen and oxygen atoms in total. The average molecular weight is 499 g/mol. The third-order valence-electron chi connectivity index (χ3n) is 6.02. The van der Waals surface area contributed by atoms with E-state index in [1.54, 1.807) is 19.1 Å². The molecule has 0 heterocycles. The van der Waals surface area contributed by atoms with E-state index in [0.29, 0.717) is 16.9 Å². The molecule has 0 aliphatic carbocycles. The van der Waals surface area contributed by atoms with Gasteiger partial charge in [-0.05, 0) is 60.6 Å². The molecule has 5 heteroatoms. The predicted octanol–water partition coefficient (Wildman–Crippen LogP) is 6.86. The van der Waals surface area contributed by atoms with Crippen LogP contribution in [0.25, 0.3) is 22.3 Å². The second kappa shape index (κ2) is 13.4. The fourth-order valence-corrected chi connectivity index (χ4v) is 3.95. The third kappa shape index (κ3) is 7.51. The Bertz CT molecular complexity index is 1250. The summed E-state index contributed by atoms with van der Waals surface area (Å²) in [4.78, 5) is 24.3. The first-order chi connectivity index (χ1) is 17.9. The molecule has 0 saturated heterocycles. The highest BCUT2D eigenvalue weighted by Crippen LogP contribution is 2.38. The van der Waals surface area contributed by atoms with Gasteiger partial charge < -0.3 is 14.6 Å². The van der Waals surface area contributed by atoms with Crippen LogP contribution in [0.1, 0.15) is 44.2 Å². The van der Waals surface area contributed by atoms with E-state index in [9.17, 15) is 14.7 Å². The molecule has 0 atom stereocenters. The minimum Gasteiger partial charge on any atom is -0.423 e. The molecule has 3 rings (SSSR count). The van der Waals surface area contributed by atoms with Gasteiger partial charge in [0, 0.05) is 29.4 Å². The van der Waals surface area contributed by atoms with E-state index in [0.717, 1.165) is 29.2 Å². The summed E-state index contributed by atoms with van der Waals surface area (Å²) in [6.07, 6.45) is 6.02. The molecule has 0 aromatic heterocycles. The Kier molecular flexibility index (Phi) is 9.99. The van der Waals surface area contributed by atoms with Crippen LogP contribution in [0.4, 0.5) is 0 Å². The molecular weight excluding hydrogens is 464 g/mol. The van der Waals surface area contributed by atoms with Crippen molar-refractivity contribution < 1.29 is 24.2 Å². The molecule has 0 amide bonds. The van der Waals surface area contributed by atoms with Crippen LogP contribution in [0.15, 0.2) is 85.5 Å². The molecular formula is C32H34O5. The number of ether oxygens (including phenoxy) is 2. The predicted molar refractivity (Wildman–Crippen MR) is 148 cm³/mol. The maximum Gasteiger partial charge on any atom is 0.338 e. The number of hydrogen-bond donors (Lipinski definition) is 1. The lowest BCUT2D eigenvalue weighted by atomic mass is 9.97. The summed E-state index contributed by atoms with van der Waals surface area (Å²) in [5, 5.41) is 9.51. The number of carbonyl (C=O) groups is 2. The van der Waals surface area contributed by atoms with Crippen molar-refractivity contribution in [1.82, 2.24) is 0 Å². The number of rotatable bonds is 12. The fraction of sp³-hybridized carbons (Fsp3) is 0.250. The molecule has 0 aliphatic rings. The Balaban J connectivity index is 1.97. The van der Waals surface area contributed by atoms with Gasteiger partial charge in [-0.15, -0.1) is 0 Å². The van der Waals surface area contributed by atoms with Gasteiger partial charge in [-0.3, -0.25) is 0 Å². The monoisotopic (exact) mass is 498 g/mol. The summed E-state index contributed by atoms with van der Waals surface area (Å²) >= 11 is 0. The topological polar surface area (TPSA) is 72.8 Å². The first kappa shape index (κ1) is 27.6. The zero-order valence-electron chi connectivity index (χ0n) is 21.6. The molecule has 0 spiro atoms. The van der Waals surface area contributed by atoms with E-state index >= 15 is 0 Å². The maximum atomic E-state index is 12.4. The maximum absolute atomic E-state index is 12.4. The number of benzene rings is 3. The van der Waals surface area contributed by atoms with Gasteiger partial charge in [0.15, 0.2) is 0 Å². The van der Waals surface area contributed by atoms with E-state index in [4.69, 9.17) is 9.47 Å². The second-order valence-corrected chi connectivity index (χ2v) is 8.96. The quantitative estimate of drug-likeness (QED) is 0.128. The van der Waals surface area contributed by atoms with Crippen LogP contribution in [0.2, 0.25) is 0 Å². The van der Waals surface area contributed by atoms with Crippen LogP contribution in [-0.2, 0) is 22.4 Å². The van der Waals surface area contributed by atoms with Crippen molar-refractivity contribution in [3.8, 4) is 33.8 Å². The fourth-order valence-electron chi connectivity index (χ4n) is 3.95. The van der Waals surface area contributed by atoms with Gasteiger partial charge in [0.05, 0.1) is 0 Å². The first-order valence-corrected chi connectivity index (χ1v) is 12.6. The molecule has 0 aliphatic heterocycles. The van der Waals surface area contributed by atoms with Crippen LogP contribution in [0, 0.1) is 0 Å². The Morgan fingerprint density at radius 1 is 0.865 bits per heavy atom. The number of aliphatic hydroxyl groups is 1. The van der Waals surface area contributed by atoms with Crippen LogP contribution < -0.4 is 9.47 Å². The zero-order valence-corrected chi connectivity index (χ0v) is 21.6. The largest absolute Gasteiger partial charge is 0.423 e. The van der Waals surface area contributed by atoms with Gasteiger partial charge in [0.2, 0.25) is 0 Å². The lowest BCUT2D eigenvalue weighted by molar-refractivity contribution is -0.130. The van der Waals surface area contributed by atoms with Crippen LogP contribution in [0.5, 0.6) is 11.5 Å². The number of unbranched alkanes of at least 4 members (excludes halogenated alkanes) is 2. The van der Waals surface area contributed by atoms with Gasteiger partial charge in [0.25, 0.3) is 0 Å². The van der Waals surface area contributed by atoms with Crippen LogP contribution in [-0.4, -0.2) is 23.7 Å². The van der Waals surface area contributed by atoms with E-state index < -0.39 is 11.9 Å². The molecule has 0 saturated carbocycles. The molecule has 3 aromatic rings. The highest BCUT2D eigenvalue weighted by atomic mass is 16.5.